The Morgan fingerprint density at radius 3 is 3.08 bits per heavy atom. The maximum absolute atomic E-state index is 3.68. The van der Waals surface area contributed by atoms with Crippen molar-refractivity contribution in [1.82, 2.24) is 10.2 Å². The van der Waals surface area contributed by atoms with E-state index in [1.807, 2.05) is 6.08 Å². The molecule has 1 saturated heterocycles. The molecule has 13 heavy (non-hydrogen) atoms. The van der Waals surface area contributed by atoms with Crippen molar-refractivity contribution < 1.29 is 0 Å². The van der Waals surface area contributed by atoms with Crippen molar-refractivity contribution in [3.63, 3.8) is 0 Å². The Balaban J connectivity index is 2.08. The van der Waals surface area contributed by atoms with Crippen LogP contribution in [-0.2, 0) is 0 Å². The summed E-state index contributed by atoms with van der Waals surface area (Å²) in [6, 6.07) is 0.791. The molecule has 1 aliphatic rings. The first kappa shape index (κ1) is 10.7. The van der Waals surface area contributed by atoms with Gasteiger partial charge in [-0.3, -0.25) is 4.90 Å². The van der Waals surface area contributed by atoms with Crippen LogP contribution in [0.4, 0.5) is 0 Å². The summed E-state index contributed by atoms with van der Waals surface area (Å²) in [5, 5.41) is 3.34. The number of piperidine rings is 1. The lowest BCUT2D eigenvalue weighted by Crippen LogP contribution is -2.41. The van der Waals surface area contributed by atoms with Crippen molar-refractivity contribution in [2.75, 3.05) is 26.2 Å². The van der Waals surface area contributed by atoms with Gasteiger partial charge in [0.15, 0.2) is 0 Å². The molecule has 1 N–H and O–H groups in total. The van der Waals surface area contributed by atoms with Crippen LogP contribution in [0.2, 0.25) is 0 Å². The molecule has 1 heterocycles. The Kier molecular flexibility index (Phi) is 5.09. The predicted octanol–water partition coefficient (Wildman–Crippen LogP) is 1.64. The van der Waals surface area contributed by atoms with Gasteiger partial charge in [-0.05, 0) is 26.3 Å². The van der Waals surface area contributed by atoms with E-state index in [1.54, 1.807) is 0 Å². The van der Waals surface area contributed by atoms with Gasteiger partial charge in [-0.15, -0.1) is 6.58 Å². The van der Waals surface area contributed by atoms with Gasteiger partial charge in [0.1, 0.15) is 0 Å². The lowest BCUT2D eigenvalue weighted by molar-refractivity contribution is 0.162. The highest BCUT2D eigenvalue weighted by Gasteiger charge is 2.16. The molecule has 1 unspecified atom stereocenters. The Morgan fingerprint density at radius 1 is 1.54 bits per heavy atom. The normalized spacial score (nSPS) is 24.5. The molecule has 0 aliphatic carbocycles. The number of hydrogen-bond donors (Lipinski definition) is 1. The molecule has 0 spiro atoms. The molecule has 1 atom stereocenters. The summed E-state index contributed by atoms with van der Waals surface area (Å²) in [6.07, 6.45) is 6.09. The molecule has 2 heteroatoms. The van der Waals surface area contributed by atoms with E-state index in [0.29, 0.717) is 0 Å². The van der Waals surface area contributed by atoms with Crippen molar-refractivity contribution in [2.45, 2.75) is 32.2 Å². The summed E-state index contributed by atoms with van der Waals surface area (Å²) in [4.78, 5) is 2.58. The summed E-state index contributed by atoms with van der Waals surface area (Å²) >= 11 is 0. The molecule has 1 fully saturated rings. The van der Waals surface area contributed by atoms with E-state index >= 15 is 0 Å². The third kappa shape index (κ3) is 3.92. The second-order valence-electron chi connectivity index (χ2n) is 3.87. The standard InChI is InChI=1S/C11H22N2/c1-3-7-12-8-10-13-9-5-4-6-11(13)2/h3,11-12H,1,4-10H2,2H3. The second-order valence-corrected chi connectivity index (χ2v) is 3.87. The number of nitrogens with one attached hydrogen (secondary N) is 1. The molecular weight excluding hydrogens is 160 g/mol. The van der Waals surface area contributed by atoms with Crippen LogP contribution < -0.4 is 5.32 Å². The molecule has 1 rings (SSSR count). The molecular formula is C11H22N2. The fourth-order valence-corrected chi connectivity index (χ4v) is 1.92. The highest BCUT2D eigenvalue weighted by atomic mass is 15.2. The van der Waals surface area contributed by atoms with E-state index in [2.05, 4.69) is 23.7 Å². The smallest absolute Gasteiger partial charge is 0.0132 e. The third-order valence-electron chi connectivity index (χ3n) is 2.81. The number of hydrogen-bond acceptors (Lipinski definition) is 2. The molecule has 0 saturated carbocycles. The van der Waals surface area contributed by atoms with E-state index in [-0.39, 0.29) is 0 Å². The van der Waals surface area contributed by atoms with Crippen LogP contribution in [0.15, 0.2) is 12.7 Å². The van der Waals surface area contributed by atoms with Crippen LogP contribution in [0.5, 0.6) is 0 Å². The summed E-state index contributed by atoms with van der Waals surface area (Å²) in [7, 11) is 0. The summed E-state index contributed by atoms with van der Waals surface area (Å²) < 4.78 is 0. The highest BCUT2D eigenvalue weighted by Crippen LogP contribution is 2.15. The average Bonchev–Trinajstić information content (AvgIpc) is 2.15. The Hall–Kier alpha value is -0.340. The molecule has 1 aliphatic heterocycles. The van der Waals surface area contributed by atoms with Crippen LogP contribution in [0.25, 0.3) is 0 Å². The van der Waals surface area contributed by atoms with Gasteiger partial charge in [0.2, 0.25) is 0 Å². The van der Waals surface area contributed by atoms with Crippen LogP contribution in [0.3, 0.4) is 0 Å². The molecule has 0 bridgehead atoms. The minimum Gasteiger partial charge on any atom is -0.312 e. The van der Waals surface area contributed by atoms with E-state index in [9.17, 15) is 0 Å². The van der Waals surface area contributed by atoms with Gasteiger partial charge in [-0.25, -0.2) is 0 Å². The molecule has 0 aromatic carbocycles. The van der Waals surface area contributed by atoms with Crippen molar-refractivity contribution >= 4 is 0 Å². The quantitative estimate of drug-likeness (QED) is 0.513. The lowest BCUT2D eigenvalue weighted by atomic mass is 10.0. The maximum Gasteiger partial charge on any atom is 0.0132 e. The first-order valence-corrected chi connectivity index (χ1v) is 5.40. The first-order valence-electron chi connectivity index (χ1n) is 5.40. The van der Waals surface area contributed by atoms with Gasteiger partial charge in [0, 0.05) is 25.7 Å². The van der Waals surface area contributed by atoms with E-state index in [0.717, 1.165) is 19.1 Å². The zero-order valence-electron chi connectivity index (χ0n) is 8.76. The predicted molar refractivity (Wildman–Crippen MR) is 58.0 cm³/mol. The van der Waals surface area contributed by atoms with Gasteiger partial charge in [-0.2, -0.15) is 0 Å². The number of likely N-dealkylation sites (tertiary alicyclic amines) is 1. The largest absolute Gasteiger partial charge is 0.312 e. The van der Waals surface area contributed by atoms with Crippen molar-refractivity contribution in [1.29, 1.82) is 0 Å². The van der Waals surface area contributed by atoms with Crippen LogP contribution in [0.1, 0.15) is 26.2 Å². The average molecular weight is 182 g/mol. The summed E-state index contributed by atoms with van der Waals surface area (Å²) in [6.45, 7) is 10.5. The molecule has 0 radical (unpaired) electrons. The Morgan fingerprint density at radius 2 is 2.38 bits per heavy atom. The number of rotatable bonds is 5. The topological polar surface area (TPSA) is 15.3 Å². The van der Waals surface area contributed by atoms with Crippen LogP contribution in [-0.4, -0.2) is 37.1 Å². The lowest BCUT2D eigenvalue weighted by Gasteiger charge is -2.33. The Labute approximate surface area is 82.0 Å². The summed E-state index contributed by atoms with van der Waals surface area (Å²) in [5.74, 6) is 0. The number of nitrogens with zero attached hydrogens (tertiary/aromatic N) is 1. The van der Waals surface area contributed by atoms with Gasteiger partial charge in [0.05, 0.1) is 0 Å². The molecule has 2 nitrogen and oxygen atoms in total. The summed E-state index contributed by atoms with van der Waals surface area (Å²) in [5.41, 5.74) is 0. The fourth-order valence-electron chi connectivity index (χ4n) is 1.92. The molecule has 0 amide bonds. The zero-order chi connectivity index (χ0) is 9.52. The van der Waals surface area contributed by atoms with Crippen molar-refractivity contribution in [3.05, 3.63) is 12.7 Å². The fraction of sp³-hybridized carbons (Fsp3) is 0.818. The molecule has 76 valence electrons. The maximum atomic E-state index is 3.68. The zero-order valence-corrected chi connectivity index (χ0v) is 8.76. The third-order valence-corrected chi connectivity index (χ3v) is 2.81. The second kappa shape index (κ2) is 6.17. The van der Waals surface area contributed by atoms with Gasteiger partial charge >= 0.3 is 0 Å². The van der Waals surface area contributed by atoms with Gasteiger partial charge in [0.25, 0.3) is 0 Å². The SMILES string of the molecule is C=CCNCCN1CCCCC1C. The minimum atomic E-state index is 0.791. The van der Waals surface area contributed by atoms with Crippen molar-refractivity contribution in [2.24, 2.45) is 0 Å². The highest BCUT2D eigenvalue weighted by molar-refractivity contribution is 4.75. The minimum absolute atomic E-state index is 0.791. The van der Waals surface area contributed by atoms with Crippen LogP contribution in [0, 0.1) is 0 Å². The van der Waals surface area contributed by atoms with Crippen molar-refractivity contribution in [3.8, 4) is 0 Å². The van der Waals surface area contributed by atoms with Gasteiger partial charge in [-0.1, -0.05) is 12.5 Å². The monoisotopic (exact) mass is 182 g/mol. The van der Waals surface area contributed by atoms with Gasteiger partial charge < -0.3 is 5.32 Å². The molecule has 0 aromatic rings. The van der Waals surface area contributed by atoms with E-state index in [4.69, 9.17) is 0 Å². The Bertz CT molecular complexity index is 145. The van der Waals surface area contributed by atoms with E-state index < -0.39 is 0 Å². The first-order chi connectivity index (χ1) is 6.34. The van der Waals surface area contributed by atoms with Crippen LogP contribution >= 0.6 is 0 Å². The molecule has 0 aromatic heterocycles. The van der Waals surface area contributed by atoms with E-state index in [1.165, 1.54) is 32.4 Å².